The van der Waals surface area contributed by atoms with Crippen molar-refractivity contribution in [3.8, 4) is 0 Å². The molecule has 0 aliphatic carbocycles. The van der Waals surface area contributed by atoms with E-state index in [1.54, 1.807) is 6.92 Å². The Morgan fingerprint density at radius 3 is 2.45 bits per heavy atom. The van der Waals surface area contributed by atoms with Gasteiger partial charge in [0, 0.05) is 28.7 Å². The molecule has 0 saturated carbocycles. The van der Waals surface area contributed by atoms with Crippen LogP contribution in [0.25, 0.3) is 0 Å². The lowest BCUT2D eigenvalue weighted by atomic mass is 10.1. The minimum Gasteiger partial charge on any atom is -0.329 e. The average Bonchev–Trinajstić information content (AvgIpc) is 2.39. The maximum absolute atomic E-state index is 12.4. The van der Waals surface area contributed by atoms with Gasteiger partial charge in [0.05, 0.1) is 9.82 Å². The number of hydrogen-bond acceptors (Lipinski definition) is 5. The maximum atomic E-state index is 12.4. The highest BCUT2D eigenvalue weighted by molar-refractivity contribution is 9.10. The van der Waals surface area contributed by atoms with Crippen molar-refractivity contribution in [3.63, 3.8) is 0 Å². The van der Waals surface area contributed by atoms with E-state index in [4.69, 9.17) is 5.73 Å². The molecular formula is C13H20BrN3O4S. The highest BCUT2D eigenvalue weighted by Gasteiger charge is 2.24. The first-order valence-electron chi connectivity index (χ1n) is 6.75. The van der Waals surface area contributed by atoms with Crippen molar-refractivity contribution >= 4 is 31.6 Å². The zero-order valence-corrected chi connectivity index (χ0v) is 15.1. The highest BCUT2D eigenvalue weighted by Crippen LogP contribution is 2.30. The maximum Gasteiger partial charge on any atom is 0.274 e. The van der Waals surface area contributed by atoms with Crippen LogP contribution in [0, 0.1) is 23.0 Å². The first-order chi connectivity index (χ1) is 10.1. The highest BCUT2D eigenvalue weighted by atomic mass is 79.9. The number of halogens is 1. The molecule has 9 heteroatoms. The van der Waals surface area contributed by atoms with Gasteiger partial charge >= 0.3 is 0 Å². The van der Waals surface area contributed by atoms with E-state index in [-0.39, 0.29) is 23.0 Å². The van der Waals surface area contributed by atoms with Crippen molar-refractivity contribution in [3.05, 3.63) is 32.3 Å². The van der Waals surface area contributed by atoms with E-state index in [2.05, 4.69) is 20.7 Å². The number of benzene rings is 1. The van der Waals surface area contributed by atoms with Gasteiger partial charge in [-0.05, 0) is 25.3 Å². The number of rotatable bonds is 7. The van der Waals surface area contributed by atoms with Crippen molar-refractivity contribution in [2.75, 3.05) is 6.54 Å². The first-order valence-corrected chi connectivity index (χ1v) is 9.03. The van der Waals surface area contributed by atoms with Crippen molar-refractivity contribution in [2.24, 2.45) is 11.7 Å². The van der Waals surface area contributed by atoms with Crippen LogP contribution in [0.5, 0.6) is 0 Å². The molecule has 1 unspecified atom stereocenters. The Morgan fingerprint density at radius 2 is 2.00 bits per heavy atom. The van der Waals surface area contributed by atoms with Crippen molar-refractivity contribution in [1.29, 1.82) is 0 Å². The van der Waals surface area contributed by atoms with Crippen LogP contribution in [-0.2, 0) is 10.0 Å². The third-order valence-corrected chi connectivity index (χ3v) is 5.48. The number of sulfonamides is 1. The monoisotopic (exact) mass is 393 g/mol. The van der Waals surface area contributed by atoms with Crippen molar-refractivity contribution in [2.45, 2.75) is 38.1 Å². The number of nitrogens with zero attached hydrogens (tertiary/aromatic N) is 1. The second-order valence-electron chi connectivity index (χ2n) is 5.49. The van der Waals surface area contributed by atoms with Crippen LogP contribution in [0.1, 0.15) is 25.8 Å². The largest absolute Gasteiger partial charge is 0.329 e. The lowest BCUT2D eigenvalue weighted by Gasteiger charge is -2.19. The molecule has 7 nitrogen and oxygen atoms in total. The van der Waals surface area contributed by atoms with Gasteiger partial charge in [-0.1, -0.05) is 29.8 Å². The summed E-state index contributed by atoms with van der Waals surface area (Å²) in [5.41, 5.74) is 5.72. The smallest absolute Gasteiger partial charge is 0.274 e. The third-order valence-electron chi connectivity index (χ3n) is 3.16. The van der Waals surface area contributed by atoms with Gasteiger partial charge < -0.3 is 5.73 Å². The van der Waals surface area contributed by atoms with Gasteiger partial charge in [0.15, 0.2) is 0 Å². The second kappa shape index (κ2) is 7.49. The molecule has 0 amide bonds. The van der Waals surface area contributed by atoms with Gasteiger partial charge in [-0.3, -0.25) is 10.1 Å². The Bertz CT molecular complexity index is 661. The van der Waals surface area contributed by atoms with Crippen LogP contribution < -0.4 is 10.5 Å². The molecule has 124 valence electrons. The van der Waals surface area contributed by atoms with Gasteiger partial charge in [-0.2, -0.15) is 0 Å². The van der Waals surface area contributed by atoms with Crippen LogP contribution in [0.2, 0.25) is 0 Å². The van der Waals surface area contributed by atoms with Gasteiger partial charge in [0.1, 0.15) is 0 Å². The van der Waals surface area contributed by atoms with Gasteiger partial charge in [0.2, 0.25) is 10.0 Å². The Balaban J connectivity index is 3.20. The molecule has 0 bridgehead atoms. The zero-order chi connectivity index (χ0) is 17.1. The van der Waals surface area contributed by atoms with Gasteiger partial charge in [-0.15, -0.1) is 0 Å². The standard InChI is InChI=1S/C13H20BrN3O4S/c1-8(2)4-10(7-15)16-22(20,21)11-5-12(14)9(3)13(6-11)17(18)19/h5-6,8,10,16H,4,7,15H2,1-3H3. The van der Waals surface area contributed by atoms with Crippen LogP contribution in [0.3, 0.4) is 0 Å². The molecule has 0 radical (unpaired) electrons. The molecule has 0 heterocycles. The summed E-state index contributed by atoms with van der Waals surface area (Å²) in [6.07, 6.45) is 0.588. The number of nitro benzene ring substituents is 1. The predicted octanol–water partition coefficient (Wildman–Crippen LogP) is 2.32. The number of nitrogens with two attached hydrogens (primary N) is 1. The van der Waals surface area contributed by atoms with Crippen LogP contribution in [0.15, 0.2) is 21.5 Å². The van der Waals surface area contributed by atoms with E-state index in [0.29, 0.717) is 16.5 Å². The van der Waals surface area contributed by atoms with E-state index in [9.17, 15) is 18.5 Å². The van der Waals surface area contributed by atoms with E-state index in [1.807, 2.05) is 13.8 Å². The summed E-state index contributed by atoms with van der Waals surface area (Å²) in [4.78, 5) is 10.3. The minimum atomic E-state index is -3.88. The summed E-state index contributed by atoms with van der Waals surface area (Å²) in [5.74, 6) is 0.273. The molecule has 0 aliphatic rings. The van der Waals surface area contributed by atoms with E-state index in [0.717, 1.165) is 6.07 Å². The summed E-state index contributed by atoms with van der Waals surface area (Å²) in [5, 5.41) is 11.0. The Hall–Kier alpha value is -1.03. The summed E-state index contributed by atoms with van der Waals surface area (Å²) in [6, 6.07) is 2.00. The molecule has 0 saturated heterocycles. The molecule has 1 atom stereocenters. The fraction of sp³-hybridized carbons (Fsp3) is 0.538. The SMILES string of the molecule is Cc1c(Br)cc(S(=O)(=O)NC(CN)CC(C)C)cc1[N+](=O)[O-]. The molecule has 1 rings (SSSR count). The Labute approximate surface area is 138 Å². The Kier molecular flexibility index (Phi) is 6.48. The van der Waals surface area contributed by atoms with Crippen molar-refractivity contribution < 1.29 is 13.3 Å². The predicted molar refractivity (Wildman–Crippen MR) is 88.2 cm³/mol. The lowest BCUT2D eigenvalue weighted by Crippen LogP contribution is -2.41. The average molecular weight is 394 g/mol. The van der Waals surface area contributed by atoms with Crippen LogP contribution in [0.4, 0.5) is 5.69 Å². The topological polar surface area (TPSA) is 115 Å². The van der Waals surface area contributed by atoms with E-state index < -0.39 is 21.0 Å². The lowest BCUT2D eigenvalue weighted by molar-refractivity contribution is -0.385. The summed E-state index contributed by atoms with van der Waals surface area (Å²) in [6.45, 7) is 5.63. The summed E-state index contributed by atoms with van der Waals surface area (Å²) in [7, 11) is -3.88. The first kappa shape index (κ1) is 19.0. The second-order valence-corrected chi connectivity index (χ2v) is 8.06. The van der Waals surface area contributed by atoms with Crippen LogP contribution in [-0.4, -0.2) is 25.9 Å². The number of nitro groups is 1. The molecule has 22 heavy (non-hydrogen) atoms. The summed E-state index contributed by atoms with van der Waals surface area (Å²) < 4.78 is 27.7. The number of hydrogen-bond donors (Lipinski definition) is 2. The quantitative estimate of drug-likeness (QED) is 0.544. The third kappa shape index (κ3) is 4.73. The molecule has 1 aromatic rings. The minimum absolute atomic E-state index is 0.154. The molecule has 0 fully saturated rings. The molecule has 3 N–H and O–H groups in total. The normalized spacial score (nSPS) is 13.4. The fourth-order valence-electron chi connectivity index (χ4n) is 2.03. The van der Waals surface area contributed by atoms with Gasteiger partial charge in [0.25, 0.3) is 5.69 Å². The number of nitrogens with one attached hydrogen (secondary N) is 1. The molecular weight excluding hydrogens is 374 g/mol. The van der Waals surface area contributed by atoms with E-state index >= 15 is 0 Å². The molecule has 1 aromatic carbocycles. The van der Waals surface area contributed by atoms with Gasteiger partial charge in [-0.25, -0.2) is 13.1 Å². The molecule has 0 spiro atoms. The fourth-order valence-corrected chi connectivity index (χ4v) is 3.94. The van der Waals surface area contributed by atoms with E-state index in [1.165, 1.54) is 6.07 Å². The molecule has 0 aromatic heterocycles. The zero-order valence-electron chi connectivity index (χ0n) is 12.7. The van der Waals surface area contributed by atoms with Crippen LogP contribution >= 0.6 is 15.9 Å². The van der Waals surface area contributed by atoms with Crippen molar-refractivity contribution in [1.82, 2.24) is 4.72 Å². The molecule has 0 aliphatic heterocycles. The Morgan fingerprint density at radius 1 is 1.41 bits per heavy atom. The summed E-state index contributed by atoms with van der Waals surface area (Å²) >= 11 is 3.16.